The van der Waals surface area contributed by atoms with Gasteiger partial charge in [-0.2, -0.15) is 15.0 Å². The molecule has 0 unspecified atom stereocenters. The van der Waals surface area contributed by atoms with Crippen molar-refractivity contribution in [1.82, 2.24) is 15.0 Å². The maximum atomic E-state index is 5.52. The number of hydrogen-bond donors (Lipinski definition) is 2. The molecule has 0 aliphatic rings. The second kappa shape index (κ2) is 4.25. The normalized spacial score (nSPS) is 10.2. The van der Waals surface area contributed by atoms with Crippen LogP contribution in [0.15, 0.2) is 18.2 Å². The van der Waals surface area contributed by atoms with Gasteiger partial charge >= 0.3 is 0 Å². The number of methoxy groups -OCH3 is 1. The molecule has 0 bridgehead atoms. The molecule has 0 aliphatic heterocycles. The quantitative estimate of drug-likeness (QED) is 0.800. The largest absolute Gasteiger partial charge is 0.496 e. The van der Waals surface area contributed by atoms with Crippen LogP contribution in [0.4, 0.5) is 11.9 Å². The van der Waals surface area contributed by atoms with Gasteiger partial charge in [0.05, 0.1) is 7.11 Å². The van der Waals surface area contributed by atoms with Crippen LogP contribution in [0.25, 0.3) is 11.4 Å². The average molecular weight is 231 g/mol. The highest BCUT2D eigenvalue weighted by atomic mass is 16.5. The van der Waals surface area contributed by atoms with Gasteiger partial charge in [0.15, 0.2) is 5.82 Å². The van der Waals surface area contributed by atoms with E-state index in [1.54, 1.807) is 7.11 Å². The fraction of sp³-hybridized carbons (Fsp3) is 0.182. The van der Waals surface area contributed by atoms with Crippen LogP contribution >= 0.6 is 0 Å². The molecule has 88 valence electrons. The van der Waals surface area contributed by atoms with Crippen molar-refractivity contribution in [2.24, 2.45) is 0 Å². The maximum Gasteiger partial charge on any atom is 0.225 e. The first-order chi connectivity index (χ1) is 8.10. The van der Waals surface area contributed by atoms with Gasteiger partial charge in [-0.1, -0.05) is 12.1 Å². The molecule has 0 aliphatic carbocycles. The summed E-state index contributed by atoms with van der Waals surface area (Å²) in [6.07, 6.45) is 0. The van der Waals surface area contributed by atoms with E-state index < -0.39 is 0 Å². The minimum absolute atomic E-state index is 0.104. The van der Waals surface area contributed by atoms with Gasteiger partial charge in [0.2, 0.25) is 11.9 Å². The molecule has 0 saturated heterocycles. The Morgan fingerprint density at radius 3 is 2.29 bits per heavy atom. The van der Waals surface area contributed by atoms with Crippen LogP contribution in [-0.2, 0) is 0 Å². The van der Waals surface area contributed by atoms with Crippen molar-refractivity contribution in [3.8, 4) is 17.1 Å². The molecule has 0 atom stereocenters. The second-order valence-electron chi connectivity index (χ2n) is 3.56. The van der Waals surface area contributed by atoms with Crippen molar-refractivity contribution in [2.75, 3.05) is 18.6 Å². The summed E-state index contributed by atoms with van der Waals surface area (Å²) in [4.78, 5) is 11.8. The van der Waals surface area contributed by atoms with Gasteiger partial charge in [-0.05, 0) is 18.6 Å². The SMILES string of the molecule is COc1cc(-c2nc(N)nc(N)n2)ccc1C. The Hall–Kier alpha value is -2.37. The molecule has 6 nitrogen and oxygen atoms in total. The Balaban J connectivity index is 2.52. The number of nitrogens with two attached hydrogens (primary N) is 2. The van der Waals surface area contributed by atoms with Crippen LogP contribution in [0.5, 0.6) is 5.75 Å². The maximum absolute atomic E-state index is 5.52. The summed E-state index contributed by atoms with van der Waals surface area (Å²) in [6, 6.07) is 5.64. The smallest absolute Gasteiger partial charge is 0.225 e. The van der Waals surface area contributed by atoms with E-state index in [4.69, 9.17) is 16.2 Å². The fourth-order valence-corrected chi connectivity index (χ4v) is 1.50. The summed E-state index contributed by atoms with van der Waals surface area (Å²) < 4.78 is 5.23. The summed E-state index contributed by atoms with van der Waals surface area (Å²) in [5.74, 6) is 1.41. The van der Waals surface area contributed by atoms with E-state index in [9.17, 15) is 0 Å². The number of ether oxygens (including phenoxy) is 1. The van der Waals surface area contributed by atoms with Crippen molar-refractivity contribution >= 4 is 11.9 Å². The van der Waals surface area contributed by atoms with Gasteiger partial charge in [0, 0.05) is 5.56 Å². The van der Waals surface area contributed by atoms with Gasteiger partial charge in [-0.15, -0.1) is 0 Å². The highest BCUT2D eigenvalue weighted by Gasteiger charge is 2.07. The first kappa shape index (κ1) is 11.1. The van der Waals surface area contributed by atoms with Gasteiger partial charge in [0.25, 0.3) is 0 Å². The first-order valence-corrected chi connectivity index (χ1v) is 5.02. The molecule has 6 heteroatoms. The van der Waals surface area contributed by atoms with Crippen LogP contribution in [0.1, 0.15) is 5.56 Å². The lowest BCUT2D eigenvalue weighted by molar-refractivity contribution is 0.412. The van der Waals surface area contributed by atoms with Gasteiger partial charge in [-0.3, -0.25) is 0 Å². The van der Waals surface area contributed by atoms with E-state index in [1.807, 2.05) is 25.1 Å². The van der Waals surface area contributed by atoms with Crippen molar-refractivity contribution in [2.45, 2.75) is 6.92 Å². The molecule has 1 heterocycles. The summed E-state index contributed by atoms with van der Waals surface area (Å²) in [5, 5.41) is 0. The first-order valence-electron chi connectivity index (χ1n) is 5.02. The van der Waals surface area contributed by atoms with Gasteiger partial charge in [0.1, 0.15) is 5.75 Å². The zero-order valence-corrected chi connectivity index (χ0v) is 9.64. The van der Waals surface area contributed by atoms with Crippen molar-refractivity contribution in [1.29, 1.82) is 0 Å². The van der Waals surface area contributed by atoms with Crippen LogP contribution in [0.2, 0.25) is 0 Å². The molecule has 2 rings (SSSR count). The van der Waals surface area contributed by atoms with Crippen LogP contribution < -0.4 is 16.2 Å². The van der Waals surface area contributed by atoms with Crippen molar-refractivity contribution < 1.29 is 4.74 Å². The lowest BCUT2D eigenvalue weighted by Crippen LogP contribution is -2.04. The van der Waals surface area contributed by atoms with E-state index in [1.165, 1.54) is 0 Å². The lowest BCUT2D eigenvalue weighted by atomic mass is 10.1. The van der Waals surface area contributed by atoms with Crippen LogP contribution in [0.3, 0.4) is 0 Å². The summed E-state index contributed by atoms with van der Waals surface area (Å²) in [6.45, 7) is 1.96. The number of benzene rings is 1. The molecule has 0 radical (unpaired) electrons. The topological polar surface area (TPSA) is 99.9 Å². The predicted molar refractivity (Wildman–Crippen MR) is 65.4 cm³/mol. The van der Waals surface area contributed by atoms with E-state index in [-0.39, 0.29) is 11.9 Å². The molecule has 2 aromatic rings. The number of nitrogens with zero attached hydrogens (tertiary/aromatic N) is 3. The Morgan fingerprint density at radius 2 is 1.71 bits per heavy atom. The lowest BCUT2D eigenvalue weighted by Gasteiger charge is -2.07. The molecule has 17 heavy (non-hydrogen) atoms. The van der Waals surface area contributed by atoms with E-state index in [0.29, 0.717) is 5.82 Å². The van der Waals surface area contributed by atoms with E-state index in [0.717, 1.165) is 16.9 Å². The summed E-state index contributed by atoms with van der Waals surface area (Å²) in [7, 11) is 1.61. The standard InChI is InChI=1S/C11H13N5O/c1-6-3-4-7(5-8(6)17-2)9-14-10(12)16-11(13)15-9/h3-5H,1-2H3,(H4,12,13,14,15,16). The number of hydrogen-bond acceptors (Lipinski definition) is 6. The Morgan fingerprint density at radius 1 is 1.06 bits per heavy atom. The third kappa shape index (κ3) is 2.25. The molecule has 0 saturated carbocycles. The van der Waals surface area contributed by atoms with E-state index in [2.05, 4.69) is 15.0 Å². The second-order valence-corrected chi connectivity index (χ2v) is 3.56. The number of nitrogen functional groups attached to an aromatic ring is 2. The zero-order valence-electron chi connectivity index (χ0n) is 9.64. The summed E-state index contributed by atoms with van der Waals surface area (Å²) >= 11 is 0. The minimum Gasteiger partial charge on any atom is -0.496 e. The molecule has 1 aromatic heterocycles. The molecule has 0 spiro atoms. The molecule has 4 N–H and O–H groups in total. The van der Waals surface area contributed by atoms with Gasteiger partial charge in [-0.25, -0.2) is 0 Å². The summed E-state index contributed by atoms with van der Waals surface area (Å²) in [5.41, 5.74) is 12.9. The van der Waals surface area contributed by atoms with Crippen molar-refractivity contribution in [3.05, 3.63) is 23.8 Å². The van der Waals surface area contributed by atoms with Crippen molar-refractivity contribution in [3.63, 3.8) is 0 Å². The number of rotatable bonds is 2. The van der Waals surface area contributed by atoms with Gasteiger partial charge < -0.3 is 16.2 Å². The highest BCUT2D eigenvalue weighted by Crippen LogP contribution is 2.24. The van der Waals surface area contributed by atoms with Crippen LogP contribution in [-0.4, -0.2) is 22.1 Å². The molecule has 1 aromatic carbocycles. The number of anilines is 2. The Labute approximate surface area is 98.7 Å². The highest BCUT2D eigenvalue weighted by molar-refractivity contribution is 5.60. The number of aryl methyl sites for hydroxylation is 1. The molecular formula is C11H13N5O. The molecule has 0 fully saturated rings. The average Bonchev–Trinajstić information content (AvgIpc) is 2.28. The fourth-order valence-electron chi connectivity index (χ4n) is 1.50. The molecular weight excluding hydrogens is 218 g/mol. The predicted octanol–water partition coefficient (Wildman–Crippen LogP) is 1.02. The molecule has 0 amide bonds. The Kier molecular flexibility index (Phi) is 2.78. The Bertz CT molecular complexity index is 535. The minimum atomic E-state index is 0.104. The van der Waals surface area contributed by atoms with E-state index >= 15 is 0 Å². The monoisotopic (exact) mass is 231 g/mol. The number of aromatic nitrogens is 3. The third-order valence-corrected chi connectivity index (χ3v) is 2.34. The zero-order chi connectivity index (χ0) is 12.4. The third-order valence-electron chi connectivity index (χ3n) is 2.34. The van der Waals surface area contributed by atoms with Crippen LogP contribution in [0, 0.1) is 6.92 Å².